The van der Waals surface area contributed by atoms with Crippen LogP contribution in [0.2, 0.25) is 0 Å². The van der Waals surface area contributed by atoms with E-state index in [-0.39, 0.29) is 24.3 Å². The Balaban J connectivity index is 1.89. The normalized spacial score (nSPS) is 19.3. The maximum absolute atomic E-state index is 13.5. The first-order chi connectivity index (χ1) is 9.06. The maximum atomic E-state index is 13.5. The van der Waals surface area contributed by atoms with Crippen LogP contribution in [0.15, 0.2) is 22.7 Å². The van der Waals surface area contributed by atoms with Gasteiger partial charge in [-0.05, 0) is 25.1 Å². The Hall–Kier alpha value is -1.14. The zero-order chi connectivity index (χ0) is 13.8. The van der Waals surface area contributed by atoms with Gasteiger partial charge < -0.3 is 15.0 Å². The van der Waals surface area contributed by atoms with Crippen molar-refractivity contribution < 1.29 is 13.9 Å². The van der Waals surface area contributed by atoms with Crippen molar-refractivity contribution in [2.24, 2.45) is 0 Å². The highest BCUT2D eigenvalue weighted by molar-refractivity contribution is 9.10. The Morgan fingerprint density at radius 2 is 2.42 bits per heavy atom. The van der Waals surface area contributed by atoms with Gasteiger partial charge in [-0.3, -0.25) is 4.79 Å². The maximum Gasteiger partial charge on any atom is 0.260 e. The van der Waals surface area contributed by atoms with Gasteiger partial charge in [0.2, 0.25) is 0 Å². The third kappa shape index (κ3) is 3.91. The highest BCUT2D eigenvalue weighted by Crippen LogP contribution is 2.21. The number of carbonyl (C=O) groups excluding carboxylic acids is 1. The third-order valence-corrected chi connectivity index (χ3v) is 3.46. The number of benzene rings is 1. The number of hydrogen-bond acceptors (Lipinski definition) is 3. The second kappa shape index (κ2) is 6.34. The van der Waals surface area contributed by atoms with Gasteiger partial charge >= 0.3 is 0 Å². The van der Waals surface area contributed by atoms with Gasteiger partial charge in [-0.1, -0.05) is 15.9 Å². The SMILES string of the molecule is C[C@H]1CN(C(=O)COc2ccc(Br)cc2F)CCN1. The third-order valence-electron chi connectivity index (χ3n) is 2.97. The van der Waals surface area contributed by atoms with Crippen LogP contribution in [-0.2, 0) is 4.79 Å². The Kier molecular flexibility index (Phi) is 4.76. The van der Waals surface area contributed by atoms with Crippen molar-refractivity contribution in [3.05, 3.63) is 28.5 Å². The zero-order valence-corrected chi connectivity index (χ0v) is 12.2. The standard InChI is InChI=1S/C13H16BrFN2O2/c1-9-7-17(5-4-16-9)13(18)8-19-12-3-2-10(14)6-11(12)15/h2-3,6,9,16H,4-5,7-8H2,1H3/t9-/m0/s1. The molecule has 6 heteroatoms. The highest BCUT2D eigenvalue weighted by Gasteiger charge is 2.20. The lowest BCUT2D eigenvalue weighted by Crippen LogP contribution is -2.52. The summed E-state index contributed by atoms with van der Waals surface area (Å²) in [7, 11) is 0. The number of amides is 1. The molecule has 0 radical (unpaired) electrons. The quantitative estimate of drug-likeness (QED) is 0.918. The molecule has 2 rings (SSSR count). The summed E-state index contributed by atoms with van der Waals surface area (Å²) in [6.45, 7) is 3.99. The lowest BCUT2D eigenvalue weighted by atomic mass is 10.2. The summed E-state index contributed by atoms with van der Waals surface area (Å²) in [4.78, 5) is 13.7. The van der Waals surface area contributed by atoms with E-state index in [0.29, 0.717) is 17.6 Å². The Labute approximate surface area is 120 Å². The van der Waals surface area contributed by atoms with E-state index in [1.807, 2.05) is 6.92 Å². The average molecular weight is 331 g/mol. The van der Waals surface area contributed by atoms with Crippen LogP contribution < -0.4 is 10.1 Å². The molecule has 0 aromatic heterocycles. The number of ether oxygens (including phenoxy) is 1. The smallest absolute Gasteiger partial charge is 0.260 e. The molecule has 1 atom stereocenters. The molecule has 1 N–H and O–H groups in total. The van der Waals surface area contributed by atoms with Gasteiger partial charge in [0.05, 0.1) is 0 Å². The fourth-order valence-electron chi connectivity index (χ4n) is 1.98. The minimum absolute atomic E-state index is 0.0970. The van der Waals surface area contributed by atoms with Crippen molar-refractivity contribution in [3.63, 3.8) is 0 Å². The largest absolute Gasteiger partial charge is 0.481 e. The summed E-state index contributed by atoms with van der Waals surface area (Å²) in [6.07, 6.45) is 0. The van der Waals surface area contributed by atoms with E-state index in [9.17, 15) is 9.18 Å². The van der Waals surface area contributed by atoms with E-state index >= 15 is 0 Å². The first-order valence-corrected chi connectivity index (χ1v) is 6.94. The van der Waals surface area contributed by atoms with Gasteiger partial charge in [0.1, 0.15) is 0 Å². The van der Waals surface area contributed by atoms with Crippen LogP contribution in [0, 0.1) is 5.82 Å². The number of rotatable bonds is 3. The molecule has 1 saturated heterocycles. The summed E-state index contributed by atoms with van der Waals surface area (Å²) in [5.74, 6) is -0.494. The molecule has 0 aliphatic carbocycles. The topological polar surface area (TPSA) is 41.6 Å². The van der Waals surface area contributed by atoms with Crippen LogP contribution >= 0.6 is 15.9 Å². The summed E-state index contributed by atoms with van der Waals surface area (Å²) in [6, 6.07) is 4.78. The second-order valence-corrected chi connectivity index (χ2v) is 5.47. The van der Waals surface area contributed by atoms with Crippen molar-refractivity contribution in [2.75, 3.05) is 26.2 Å². The van der Waals surface area contributed by atoms with Gasteiger partial charge in [0, 0.05) is 30.1 Å². The van der Waals surface area contributed by atoms with Crippen molar-refractivity contribution in [1.82, 2.24) is 10.2 Å². The molecule has 4 nitrogen and oxygen atoms in total. The average Bonchev–Trinajstić information content (AvgIpc) is 2.37. The monoisotopic (exact) mass is 330 g/mol. The summed E-state index contributed by atoms with van der Waals surface area (Å²) in [5, 5.41) is 3.26. The molecule has 1 aliphatic heterocycles. The molecule has 1 heterocycles. The molecule has 1 fully saturated rings. The Bertz CT molecular complexity index is 470. The van der Waals surface area contributed by atoms with Crippen LogP contribution in [0.4, 0.5) is 4.39 Å². The van der Waals surface area contributed by atoms with Gasteiger partial charge in [0.15, 0.2) is 18.2 Å². The van der Waals surface area contributed by atoms with Gasteiger partial charge in [-0.15, -0.1) is 0 Å². The fourth-order valence-corrected chi connectivity index (χ4v) is 2.32. The zero-order valence-electron chi connectivity index (χ0n) is 10.7. The highest BCUT2D eigenvalue weighted by atomic mass is 79.9. The summed E-state index contributed by atoms with van der Waals surface area (Å²) >= 11 is 3.17. The van der Waals surface area contributed by atoms with Crippen LogP contribution in [0.1, 0.15) is 6.92 Å². The van der Waals surface area contributed by atoms with E-state index < -0.39 is 5.82 Å². The number of nitrogens with one attached hydrogen (secondary N) is 1. The minimum atomic E-state index is -0.476. The van der Waals surface area contributed by atoms with E-state index in [0.717, 1.165) is 6.54 Å². The van der Waals surface area contributed by atoms with E-state index in [4.69, 9.17) is 4.74 Å². The van der Waals surface area contributed by atoms with Crippen molar-refractivity contribution in [3.8, 4) is 5.75 Å². The van der Waals surface area contributed by atoms with Crippen molar-refractivity contribution >= 4 is 21.8 Å². The first kappa shape index (κ1) is 14.3. The minimum Gasteiger partial charge on any atom is -0.481 e. The molecule has 1 aromatic rings. The second-order valence-electron chi connectivity index (χ2n) is 4.56. The Morgan fingerprint density at radius 1 is 1.63 bits per heavy atom. The van der Waals surface area contributed by atoms with Crippen molar-refractivity contribution in [1.29, 1.82) is 0 Å². The number of hydrogen-bond donors (Lipinski definition) is 1. The number of piperazine rings is 1. The van der Waals surface area contributed by atoms with Crippen LogP contribution in [0.3, 0.4) is 0 Å². The predicted molar refractivity (Wildman–Crippen MR) is 73.6 cm³/mol. The molecule has 104 valence electrons. The van der Waals surface area contributed by atoms with Crippen LogP contribution in [0.5, 0.6) is 5.75 Å². The molecule has 0 unspecified atom stereocenters. The number of carbonyl (C=O) groups is 1. The molecular weight excluding hydrogens is 315 g/mol. The molecule has 1 amide bonds. The Morgan fingerprint density at radius 3 is 3.11 bits per heavy atom. The fraction of sp³-hybridized carbons (Fsp3) is 0.462. The summed E-state index contributed by atoms with van der Waals surface area (Å²) < 4.78 is 19.4. The van der Waals surface area contributed by atoms with E-state index in [2.05, 4.69) is 21.2 Å². The molecule has 0 spiro atoms. The lowest BCUT2D eigenvalue weighted by Gasteiger charge is -2.31. The van der Waals surface area contributed by atoms with E-state index in [1.165, 1.54) is 12.1 Å². The summed E-state index contributed by atoms with van der Waals surface area (Å²) in [5.41, 5.74) is 0. The van der Waals surface area contributed by atoms with Crippen LogP contribution in [0.25, 0.3) is 0 Å². The molecule has 19 heavy (non-hydrogen) atoms. The predicted octanol–water partition coefficient (Wildman–Crippen LogP) is 1.79. The van der Waals surface area contributed by atoms with Crippen LogP contribution in [-0.4, -0.2) is 43.1 Å². The number of halogens is 2. The van der Waals surface area contributed by atoms with Crippen molar-refractivity contribution in [2.45, 2.75) is 13.0 Å². The molecule has 1 aromatic carbocycles. The van der Waals surface area contributed by atoms with Gasteiger partial charge in [-0.25, -0.2) is 4.39 Å². The molecular formula is C13H16BrFN2O2. The molecule has 0 bridgehead atoms. The van der Waals surface area contributed by atoms with Gasteiger partial charge in [0.25, 0.3) is 5.91 Å². The molecule has 0 saturated carbocycles. The molecule has 1 aliphatic rings. The van der Waals surface area contributed by atoms with E-state index in [1.54, 1.807) is 11.0 Å². The number of nitrogens with zero attached hydrogens (tertiary/aromatic N) is 1. The lowest BCUT2D eigenvalue weighted by molar-refractivity contribution is -0.134. The van der Waals surface area contributed by atoms with Gasteiger partial charge in [-0.2, -0.15) is 0 Å². The first-order valence-electron chi connectivity index (χ1n) is 6.15.